The molecule has 2 amide bonds. The van der Waals surface area contributed by atoms with E-state index in [2.05, 4.69) is 5.32 Å². The van der Waals surface area contributed by atoms with E-state index < -0.39 is 6.10 Å². The summed E-state index contributed by atoms with van der Waals surface area (Å²) in [7, 11) is 0. The molecule has 1 aromatic carbocycles. The molecule has 1 saturated heterocycles. The minimum absolute atomic E-state index is 0.0586. The molecule has 2 aliphatic rings. The van der Waals surface area contributed by atoms with Gasteiger partial charge in [-0.1, -0.05) is 24.4 Å². The number of carbonyl (C=O) groups is 2. The van der Waals surface area contributed by atoms with Crippen molar-refractivity contribution >= 4 is 29.1 Å². The number of aliphatic hydroxyl groups is 1. The van der Waals surface area contributed by atoms with E-state index >= 15 is 0 Å². The molecule has 1 aliphatic carbocycles. The fourth-order valence-electron chi connectivity index (χ4n) is 3.33. The first-order valence-corrected chi connectivity index (χ1v) is 8.47. The van der Waals surface area contributed by atoms with Crippen molar-refractivity contribution in [3.63, 3.8) is 0 Å². The Kier molecular flexibility index (Phi) is 4.87. The minimum atomic E-state index is -0.475. The second-order valence-electron chi connectivity index (χ2n) is 6.35. The van der Waals surface area contributed by atoms with Crippen LogP contribution in [0.4, 0.5) is 5.69 Å². The van der Waals surface area contributed by atoms with Crippen LogP contribution in [0.25, 0.3) is 0 Å². The molecule has 1 saturated carbocycles. The van der Waals surface area contributed by atoms with Crippen LogP contribution in [-0.2, 0) is 9.59 Å². The number of halogens is 1. The lowest BCUT2D eigenvalue weighted by molar-refractivity contribution is -0.128. The van der Waals surface area contributed by atoms with Gasteiger partial charge in [0.15, 0.2) is 0 Å². The minimum Gasteiger partial charge on any atom is -0.391 e. The van der Waals surface area contributed by atoms with Crippen LogP contribution in [0.1, 0.15) is 32.1 Å². The molecule has 1 aliphatic heterocycles. The summed E-state index contributed by atoms with van der Waals surface area (Å²) in [6, 6.07) is 6.85. The van der Waals surface area contributed by atoms with Crippen molar-refractivity contribution in [2.24, 2.45) is 5.92 Å². The standard InChI is InChI=1S/C17H21ClN2O3/c18-12-5-7-13(8-6-12)20-10-11(9-16(20)22)17(23)19-14-3-1-2-4-15(14)21/h5-8,11,14-15,21H,1-4,9-10H2,(H,19,23). The summed E-state index contributed by atoms with van der Waals surface area (Å²) >= 11 is 5.86. The average Bonchev–Trinajstić information content (AvgIpc) is 2.92. The highest BCUT2D eigenvalue weighted by Gasteiger charge is 2.36. The number of anilines is 1. The zero-order valence-electron chi connectivity index (χ0n) is 12.9. The van der Waals surface area contributed by atoms with Gasteiger partial charge >= 0.3 is 0 Å². The fraction of sp³-hybridized carbons (Fsp3) is 0.529. The van der Waals surface area contributed by atoms with E-state index in [1.54, 1.807) is 29.2 Å². The zero-order valence-corrected chi connectivity index (χ0v) is 13.6. The van der Waals surface area contributed by atoms with Crippen molar-refractivity contribution in [3.05, 3.63) is 29.3 Å². The van der Waals surface area contributed by atoms with Crippen molar-refractivity contribution in [3.8, 4) is 0 Å². The quantitative estimate of drug-likeness (QED) is 0.888. The second-order valence-corrected chi connectivity index (χ2v) is 6.79. The third-order valence-electron chi connectivity index (χ3n) is 4.69. The Bertz CT molecular complexity index is 590. The third kappa shape index (κ3) is 3.67. The average molecular weight is 337 g/mol. The molecule has 5 nitrogen and oxygen atoms in total. The molecule has 23 heavy (non-hydrogen) atoms. The van der Waals surface area contributed by atoms with Crippen LogP contribution < -0.4 is 10.2 Å². The molecule has 3 unspecified atom stereocenters. The van der Waals surface area contributed by atoms with Crippen LogP contribution in [0.15, 0.2) is 24.3 Å². The van der Waals surface area contributed by atoms with E-state index in [0.29, 0.717) is 11.6 Å². The van der Waals surface area contributed by atoms with Gasteiger partial charge < -0.3 is 15.3 Å². The lowest BCUT2D eigenvalue weighted by Crippen LogP contribution is -2.47. The molecular weight excluding hydrogens is 316 g/mol. The number of hydrogen-bond donors (Lipinski definition) is 2. The predicted octanol–water partition coefficient (Wildman–Crippen LogP) is 2.11. The Balaban J connectivity index is 1.62. The van der Waals surface area contributed by atoms with Crippen LogP contribution in [0.5, 0.6) is 0 Å². The molecule has 3 atom stereocenters. The van der Waals surface area contributed by atoms with Gasteiger partial charge in [0.05, 0.1) is 18.1 Å². The third-order valence-corrected chi connectivity index (χ3v) is 4.94. The van der Waals surface area contributed by atoms with Crippen molar-refractivity contribution in [1.82, 2.24) is 5.32 Å². The maximum Gasteiger partial charge on any atom is 0.227 e. The molecule has 0 bridgehead atoms. The highest BCUT2D eigenvalue weighted by atomic mass is 35.5. The Hall–Kier alpha value is -1.59. The van der Waals surface area contributed by atoms with Gasteiger partial charge in [0.1, 0.15) is 0 Å². The predicted molar refractivity (Wildman–Crippen MR) is 88.3 cm³/mol. The monoisotopic (exact) mass is 336 g/mol. The number of carbonyl (C=O) groups excluding carboxylic acids is 2. The smallest absolute Gasteiger partial charge is 0.227 e. The normalized spacial score (nSPS) is 28.0. The van der Waals surface area contributed by atoms with E-state index in [9.17, 15) is 14.7 Å². The summed E-state index contributed by atoms with van der Waals surface area (Å²) in [6.45, 7) is 0.370. The van der Waals surface area contributed by atoms with Gasteiger partial charge in [-0.3, -0.25) is 9.59 Å². The zero-order chi connectivity index (χ0) is 16.4. The molecule has 0 radical (unpaired) electrons. The highest BCUT2D eigenvalue weighted by Crippen LogP contribution is 2.27. The molecule has 2 N–H and O–H groups in total. The van der Waals surface area contributed by atoms with Gasteiger partial charge in [-0.05, 0) is 37.1 Å². The summed E-state index contributed by atoms with van der Waals surface area (Å²) in [5.74, 6) is -0.565. The van der Waals surface area contributed by atoms with E-state index in [0.717, 1.165) is 31.4 Å². The first-order valence-electron chi connectivity index (χ1n) is 8.09. The topological polar surface area (TPSA) is 69.6 Å². The summed E-state index contributed by atoms with van der Waals surface area (Å²) < 4.78 is 0. The summed E-state index contributed by atoms with van der Waals surface area (Å²) in [5.41, 5.74) is 0.757. The number of rotatable bonds is 3. The summed E-state index contributed by atoms with van der Waals surface area (Å²) in [6.07, 6.45) is 3.27. The van der Waals surface area contributed by atoms with Crippen molar-refractivity contribution in [2.75, 3.05) is 11.4 Å². The lowest BCUT2D eigenvalue weighted by Gasteiger charge is -2.29. The molecule has 0 aromatic heterocycles. The first kappa shape index (κ1) is 16.3. The Morgan fingerprint density at radius 2 is 1.91 bits per heavy atom. The van der Waals surface area contributed by atoms with Gasteiger partial charge in [0.25, 0.3) is 0 Å². The number of nitrogens with zero attached hydrogens (tertiary/aromatic N) is 1. The van der Waals surface area contributed by atoms with Crippen molar-refractivity contribution in [2.45, 2.75) is 44.2 Å². The molecule has 1 heterocycles. The number of aliphatic hydroxyl groups excluding tert-OH is 1. The van der Waals surface area contributed by atoms with E-state index in [-0.39, 0.29) is 30.2 Å². The summed E-state index contributed by atoms with van der Waals surface area (Å²) in [5, 5.41) is 13.5. The summed E-state index contributed by atoms with van der Waals surface area (Å²) in [4.78, 5) is 26.2. The van der Waals surface area contributed by atoms with Crippen molar-refractivity contribution in [1.29, 1.82) is 0 Å². The van der Waals surface area contributed by atoms with Crippen molar-refractivity contribution < 1.29 is 14.7 Å². The number of nitrogens with one attached hydrogen (secondary N) is 1. The maximum absolute atomic E-state index is 12.4. The number of benzene rings is 1. The molecule has 6 heteroatoms. The number of hydrogen-bond acceptors (Lipinski definition) is 3. The molecule has 0 spiro atoms. The molecule has 2 fully saturated rings. The van der Waals surface area contributed by atoms with Crippen LogP contribution in [-0.4, -0.2) is 35.6 Å². The first-order chi connectivity index (χ1) is 11.0. The largest absolute Gasteiger partial charge is 0.391 e. The van der Waals surface area contributed by atoms with Gasteiger partial charge in [-0.2, -0.15) is 0 Å². The van der Waals surface area contributed by atoms with E-state index in [1.807, 2.05) is 0 Å². The van der Waals surface area contributed by atoms with E-state index in [4.69, 9.17) is 11.6 Å². The number of amides is 2. The van der Waals surface area contributed by atoms with Gasteiger partial charge in [0, 0.05) is 23.7 Å². The van der Waals surface area contributed by atoms with Gasteiger partial charge in [-0.15, -0.1) is 0 Å². The highest BCUT2D eigenvalue weighted by molar-refractivity contribution is 6.30. The van der Waals surface area contributed by atoms with Gasteiger partial charge in [-0.25, -0.2) is 0 Å². The lowest BCUT2D eigenvalue weighted by atomic mass is 9.92. The van der Waals surface area contributed by atoms with E-state index in [1.165, 1.54) is 0 Å². The molecule has 1 aromatic rings. The Morgan fingerprint density at radius 3 is 2.61 bits per heavy atom. The van der Waals surface area contributed by atoms with Gasteiger partial charge in [0.2, 0.25) is 11.8 Å². The fourth-order valence-corrected chi connectivity index (χ4v) is 3.46. The van der Waals surface area contributed by atoms with Crippen LogP contribution in [0.3, 0.4) is 0 Å². The molecular formula is C17H21ClN2O3. The van der Waals surface area contributed by atoms with Crippen LogP contribution >= 0.6 is 11.6 Å². The second kappa shape index (κ2) is 6.89. The van der Waals surface area contributed by atoms with Crippen LogP contribution in [0, 0.1) is 5.92 Å². The maximum atomic E-state index is 12.4. The Morgan fingerprint density at radius 1 is 1.22 bits per heavy atom. The SMILES string of the molecule is O=C(NC1CCCCC1O)C1CC(=O)N(c2ccc(Cl)cc2)C1. The van der Waals surface area contributed by atoms with Crippen LogP contribution in [0.2, 0.25) is 5.02 Å². The Labute approximate surface area is 140 Å². The molecule has 3 rings (SSSR count). The molecule has 124 valence electrons.